The lowest BCUT2D eigenvalue weighted by Crippen LogP contribution is -2.36. The van der Waals surface area contributed by atoms with E-state index in [-0.39, 0.29) is 17.5 Å². The number of piperidine rings is 2. The second-order valence-electron chi connectivity index (χ2n) is 7.81. The molecular weight excluding hydrogens is 364 g/mol. The quantitative estimate of drug-likeness (QED) is 0.856. The van der Waals surface area contributed by atoms with Crippen LogP contribution in [0.15, 0.2) is 42.5 Å². The number of nitrogens with one attached hydrogen (secondary N) is 1. The van der Waals surface area contributed by atoms with Crippen molar-refractivity contribution in [1.82, 2.24) is 9.88 Å². The van der Waals surface area contributed by atoms with E-state index < -0.39 is 0 Å². The molecule has 0 radical (unpaired) electrons. The van der Waals surface area contributed by atoms with Gasteiger partial charge in [0, 0.05) is 37.6 Å². The fraction of sp³-hybridized carbons (Fsp3) is 0.435. The van der Waals surface area contributed by atoms with E-state index in [9.17, 15) is 9.59 Å². The molecule has 4 rings (SSSR count). The van der Waals surface area contributed by atoms with Crippen LogP contribution in [0.4, 0.5) is 11.4 Å². The Morgan fingerprint density at radius 2 is 1.38 bits per heavy atom. The highest BCUT2D eigenvalue weighted by atomic mass is 16.2. The number of amides is 2. The molecule has 3 heterocycles. The fourth-order valence-electron chi connectivity index (χ4n) is 4.04. The van der Waals surface area contributed by atoms with Gasteiger partial charge in [0.2, 0.25) is 0 Å². The van der Waals surface area contributed by atoms with E-state index in [2.05, 4.69) is 15.2 Å². The molecule has 2 amide bonds. The molecule has 2 fully saturated rings. The fourth-order valence-corrected chi connectivity index (χ4v) is 4.04. The topological polar surface area (TPSA) is 65.5 Å². The van der Waals surface area contributed by atoms with E-state index in [1.165, 1.54) is 24.9 Å². The number of carbonyl (C=O) groups is 2. The van der Waals surface area contributed by atoms with Crippen molar-refractivity contribution in [2.75, 3.05) is 36.4 Å². The van der Waals surface area contributed by atoms with Gasteiger partial charge in [-0.2, -0.15) is 0 Å². The zero-order valence-corrected chi connectivity index (χ0v) is 16.8. The van der Waals surface area contributed by atoms with Gasteiger partial charge in [0.1, 0.15) is 11.4 Å². The SMILES string of the molecule is O=C(Nc1ccc(N2CCCCC2)cc1)c1cccc(C(=O)N2CCCCC2)n1. The van der Waals surface area contributed by atoms with Crippen LogP contribution in [0.1, 0.15) is 59.5 Å². The minimum atomic E-state index is -0.302. The summed E-state index contributed by atoms with van der Waals surface area (Å²) >= 11 is 0. The number of carbonyl (C=O) groups excluding carboxylic acids is 2. The Morgan fingerprint density at radius 1 is 0.759 bits per heavy atom. The molecular formula is C23H28N4O2. The van der Waals surface area contributed by atoms with Crippen molar-refractivity contribution in [2.24, 2.45) is 0 Å². The minimum Gasteiger partial charge on any atom is -0.372 e. The summed E-state index contributed by atoms with van der Waals surface area (Å²) < 4.78 is 0. The summed E-state index contributed by atoms with van der Waals surface area (Å²) in [6.07, 6.45) is 6.99. The van der Waals surface area contributed by atoms with E-state index in [1.54, 1.807) is 18.2 Å². The van der Waals surface area contributed by atoms with E-state index in [0.717, 1.165) is 51.1 Å². The standard InChI is InChI=1S/C23H28N4O2/c28-22(24-18-10-12-19(13-11-18)26-14-3-1-4-15-26)20-8-7-9-21(25-20)23(29)27-16-5-2-6-17-27/h7-13H,1-6,14-17H2,(H,24,28). The Labute approximate surface area is 171 Å². The molecule has 0 atom stereocenters. The van der Waals surface area contributed by atoms with E-state index in [0.29, 0.717) is 5.69 Å². The van der Waals surface area contributed by atoms with Crippen LogP contribution < -0.4 is 10.2 Å². The Morgan fingerprint density at radius 3 is 2.07 bits per heavy atom. The molecule has 6 heteroatoms. The van der Waals surface area contributed by atoms with E-state index in [4.69, 9.17) is 0 Å². The smallest absolute Gasteiger partial charge is 0.274 e. The summed E-state index contributed by atoms with van der Waals surface area (Å²) in [4.78, 5) is 33.8. The molecule has 1 aromatic carbocycles. The molecule has 2 aliphatic rings. The zero-order valence-electron chi connectivity index (χ0n) is 16.8. The molecule has 6 nitrogen and oxygen atoms in total. The third-order valence-electron chi connectivity index (χ3n) is 5.69. The minimum absolute atomic E-state index is 0.0924. The zero-order chi connectivity index (χ0) is 20.1. The summed E-state index contributed by atoms with van der Waals surface area (Å²) in [7, 11) is 0. The van der Waals surface area contributed by atoms with Gasteiger partial charge in [-0.05, 0) is 74.9 Å². The maximum atomic E-state index is 12.6. The summed E-state index contributed by atoms with van der Waals surface area (Å²) in [5.41, 5.74) is 2.51. The first-order valence-electron chi connectivity index (χ1n) is 10.6. The predicted octanol–water partition coefficient (Wildman–Crippen LogP) is 3.95. The van der Waals surface area contributed by atoms with E-state index >= 15 is 0 Å². The number of nitrogens with zero attached hydrogens (tertiary/aromatic N) is 3. The van der Waals surface area contributed by atoms with Crippen molar-refractivity contribution in [3.8, 4) is 0 Å². The van der Waals surface area contributed by atoms with Crippen LogP contribution in [0.25, 0.3) is 0 Å². The largest absolute Gasteiger partial charge is 0.372 e. The number of hydrogen-bond acceptors (Lipinski definition) is 4. The average Bonchev–Trinajstić information content (AvgIpc) is 2.80. The number of rotatable bonds is 4. The van der Waals surface area contributed by atoms with Gasteiger partial charge in [0.25, 0.3) is 11.8 Å². The van der Waals surface area contributed by atoms with Gasteiger partial charge in [0.05, 0.1) is 0 Å². The summed E-state index contributed by atoms with van der Waals surface area (Å²) in [6, 6.07) is 13.0. The first-order valence-corrected chi connectivity index (χ1v) is 10.6. The third-order valence-corrected chi connectivity index (χ3v) is 5.69. The molecule has 1 N–H and O–H groups in total. The molecule has 0 saturated carbocycles. The van der Waals surface area contributed by atoms with Crippen molar-refractivity contribution >= 4 is 23.2 Å². The molecule has 0 aliphatic carbocycles. The van der Waals surface area contributed by atoms with Crippen molar-refractivity contribution in [1.29, 1.82) is 0 Å². The maximum Gasteiger partial charge on any atom is 0.274 e. The molecule has 1 aromatic heterocycles. The van der Waals surface area contributed by atoms with Crippen molar-refractivity contribution in [3.63, 3.8) is 0 Å². The highest BCUT2D eigenvalue weighted by Gasteiger charge is 2.20. The third kappa shape index (κ3) is 4.75. The van der Waals surface area contributed by atoms with Gasteiger partial charge in [-0.25, -0.2) is 4.98 Å². The summed E-state index contributed by atoms with van der Waals surface area (Å²) in [5.74, 6) is -0.394. The van der Waals surface area contributed by atoms with Crippen LogP contribution in [0.3, 0.4) is 0 Å². The molecule has 152 valence electrons. The molecule has 2 aliphatic heterocycles. The lowest BCUT2D eigenvalue weighted by molar-refractivity contribution is 0.0718. The monoisotopic (exact) mass is 392 g/mol. The second kappa shape index (κ2) is 9.07. The Bertz CT molecular complexity index is 853. The van der Waals surface area contributed by atoms with Crippen LogP contribution in [-0.2, 0) is 0 Å². The van der Waals surface area contributed by atoms with Gasteiger partial charge in [0.15, 0.2) is 0 Å². The number of benzene rings is 1. The van der Waals surface area contributed by atoms with Crippen LogP contribution in [0, 0.1) is 0 Å². The number of pyridine rings is 1. The molecule has 0 unspecified atom stereocenters. The van der Waals surface area contributed by atoms with Crippen LogP contribution in [0.5, 0.6) is 0 Å². The first-order chi connectivity index (χ1) is 14.2. The number of anilines is 2. The van der Waals surface area contributed by atoms with Crippen molar-refractivity contribution in [2.45, 2.75) is 38.5 Å². The van der Waals surface area contributed by atoms with Crippen LogP contribution in [-0.4, -0.2) is 47.9 Å². The highest BCUT2D eigenvalue weighted by Crippen LogP contribution is 2.22. The van der Waals surface area contributed by atoms with Crippen LogP contribution in [0.2, 0.25) is 0 Å². The molecule has 29 heavy (non-hydrogen) atoms. The lowest BCUT2D eigenvalue weighted by Gasteiger charge is -2.28. The molecule has 2 saturated heterocycles. The molecule has 2 aromatic rings. The van der Waals surface area contributed by atoms with Crippen molar-refractivity contribution < 1.29 is 9.59 Å². The average molecular weight is 393 g/mol. The van der Waals surface area contributed by atoms with E-state index in [1.807, 2.05) is 29.2 Å². The normalized spacial score (nSPS) is 17.1. The number of likely N-dealkylation sites (tertiary alicyclic amines) is 1. The Kier molecular flexibility index (Phi) is 6.08. The van der Waals surface area contributed by atoms with Gasteiger partial charge >= 0.3 is 0 Å². The van der Waals surface area contributed by atoms with Gasteiger partial charge in [-0.1, -0.05) is 6.07 Å². The number of hydrogen-bond donors (Lipinski definition) is 1. The maximum absolute atomic E-state index is 12.6. The van der Waals surface area contributed by atoms with Crippen LogP contribution >= 0.6 is 0 Å². The predicted molar refractivity (Wildman–Crippen MR) is 114 cm³/mol. The van der Waals surface area contributed by atoms with Gasteiger partial charge in [-0.3, -0.25) is 9.59 Å². The summed E-state index contributed by atoms with van der Waals surface area (Å²) in [5, 5.41) is 2.89. The number of aromatic nitrogens is 1. The first kappa shape index (κ1) is 19.4. The van der Waals surface area contributed by atoms with Gasteiger partial charge in [-0.15, -0.1) is 0 Å². The lowest BCUT2D eigenvalue weighted by atomic mass is 10.1. The summed E-state index contributed by atoms with van der Waals surface area (Å²) in [6.45, 7) is 3.71. The Hall–Kier alpha value is -2.89. The second-order valence-corrected chi connectivity index (χ2v) is 7.81. The highest BCUT2D eigenvalue weighted by molar-refractivity contribution is 6.04. The van der Waals surface area contributed by atoms with Gasteiger partial charge < -0.3 is 15.1 Å². The van der Waals surface area contributed by atoms with Crippen molar-refractivity contribution in [3.05, 3.63) is 53.9 Å². The Balaban J connectivity index is 1.41. The molecule has 0 bridgehead atoms. The molecule has 0 spiro atoms.